The molecule has 1 aromatic carbocycles. The van der Waals surface area contributed by atoms with E-state index in [-0.39, 0.29) is 40.7 Å². The zero-order valence-electron chi connectivity index (χ0n) is 19.5. The Kier molecular flexibility index (Phi) is 6.10. The fraction of sp³-hybridized carbons (Fsp3) is 0.280. The van der Waals surface area contributed by atoms with E-state index in [1.54, 1.807) is 12.3 Å². The summed E-state index contributed by atoms with van der Waals surface area (Å²) in [6.45, 7) is 7.76. The van der Waals surface area contributed by atoms with Crippen molar-refractivity contribution in [1.29, 1.82) is 0 Å². The number of nitrogens with zero attached hydrogens (tertiary/aromatic N) is 4. The SMILES string of the molecule is C[C@@H](CC(=O)c1ccc2ncccc2c1)c1cc(C(=O)Nc2cnc(C(C)(C)C)nc2N)no1. The number of carbonyl (C=O) groups excluding carboxylic acids is 2. The maximum atomic E-state index is 12.8. The lowest BCUT2D eigenvalue weighted by atomic mass is 9.96. The van der Waals surface area contributed by atoms with E-state index in [0.29, 0.717) is 17.1 Å². The Hall–Kier alpha value is -4.14. The number of nitrogen functional groups attached to an aromatic ring is 1. The lowest BCUT2D eigenvalue weighted by molar-refractivity contribution is 0.0969. The highest BCUT2D eigenvalue weighted by molar-refractivity contribution is 6.04. The summed E-state index contributed by atoms with van der Waals surface area (Å²) >= 11 is 0. The number of pyridine rings is 1. The topological polar surface area (TPSA) is 137 Å². The number of ketones is 1. The third-order valence-electron chi connectivity index (χ3n) is 5.40. The van der Waals surface area contributed by atoms with E-state index in [9.17, 15) is 9.59 Å². The Morgan fingerprint density at radius 2 is 1.94 bits per heavy atom. The molecule has 3 aromatic heterocycles. The molecule has 0 saturated heterocycles. The van der Waals surface area contributed by atoms with Gasteiger partial charge in [-0.1, -0.05) is 38.9 Å². The number of amides is 1. The Bertz CT molecular complexity index is 1370. The fourth-order valence-corrected chi connectivity index (χ4v) is 3.41. The molecule has 3 N–H and O–H groups in total. The van der Waals surface area contributed by atoms with Crippen LogP contribution in [0.4, 0.5) is 11.5 Å². The number of benzene rings is 1. The first-order valence-corrected chi connectivity index (χ1v) is 10.9. The summed E-state index contributed by atoms with van der Waals surface area (Å²) in [5.74, 6) is 0.368. The summed E-state index contributed by atoms with van der Waals surface area (Å²) in [5, 5.41) is 7.41. The van der Waals surface area contributed by atoms with Gasteiger partial charge in [0.1, 0.15) is 17.3 Å². The Morgan fingerprint density at radius 3 is 2.68 bits per heavy atom. The van der Waals surface area contributed by atoms with Gasteiger partial charge in [0.05, 0.1) is 11.7 Å². The van der Waals surface area contributed by atoms with Gasteiger partial charge in [-0.25, -0.2) is 9.97 Å². The van der Waals surface area contributed by atoms with Crippen molar-refractivity contribution in [2.75, 3.05) is 11.1 Å². The Morgan fingerprint density at radius 1 is 1.15 bits per heavy atom. The predicted molar refractivity (Wildman–Crippen MR) is 129 cm³/mol. The van der Waals surface area contributed by atoms with Crippen LogP contribution >= 0.6 is 0 Å². The molecular formula is C25H26N6O3. The van der Waals surface area contributed by atoms with Crippen LogP contribution in [0.2, 0.25) is 0 Å². The molecular weight excluding hydrogens is 432 g/mol. The number of anilines is 2. The van der Waals surface area contributed by atoms with Crippen LogP contribution in [0.3, 0.4) is 0 Å². The van der Waals surface area contributed by atoms with Crippen molar-refractivity contribution in [2.24, 2.45) is 0 Å². The molecule has 9 nitrogen and oxygen atoms in total. The number of hydrogen-bond donors (Lipinski definition) is 2. The third-order valence-corrected chi connectivity index (χ3v) is 5.40. The number of fused-ring (bicyclic) bond motifs is 1. The van der Waals surface area contributed by atoms with Crippen molar-refractivity contribution in [2.45, 2.75) is 45.4 Å². The van der Waals surface area contributed by atoms with Crippen molar-refractivity contribution in [3.63, 3.8) is 0 Å². The molecule has 3 heterocycles. The van der Waals surface area contributed by atoms with E-state index >= 15 is 0 Å². The lowest BCUT2D eigenvalue weighted by Gasteiger charge is -2.17. The molecule has 0 fully saturated rings. The molecule has 4 aromatic rings. The van der Waals surface area contributed by atoms with Crippen LogP contribution < -0.4 is 11.1 Å². The molecule has 0 spiro atoms. The average Bonchev–Trinajstić information content (AvgIpc) is 3.30. The molecule has 4 rings (SSSR count). The maximum absolute atomic E-state index is 12.8. The highest BCUT2D eigenvalue weighted by Crippen LogP contribution is 2.25. The molecule has 1 amide bonds. The smallest absolute Gasteiger partial charge is 0.277 e. The Balaban J connectivity index is 1.42. The zero-order valence-corrected chi connectivity index (χ0v) is 19.5. The van der Waals surface area contributed by atoms with Gasteiger partial charge in [-0.2, -0.15) is 0 Å². The summed E-state index contributed by atoms with van der Waals surface area (Å²) in [7, 11) is 0. The van der Waals surface area contributed by atoms with Crippen molar-refractivity contribution in [3.8, 4) is 0 Å². The Labute approximate surface area is 196 Å². The van der Waals surface area contributed by atoms with Crippen molar-refractivity contribution in [1.82, 2.24) is 20.1 Å². The predicted octanol–water partition coefficient (Wildman–Crippen LogP) is 4.52. The first kappa shape index (κ1) is 23.0. The van der Waals surface area contributed by atoms with E-state index in [0.717, 1.165) is 10.9 Å². The van der Waals surface area contributed by atoms with Gasteiger partial charge in [-0.3, -0.25) is 14.6 Å². The normalized spacial score (nSPS) is 12.5. The molecule has 1 atom stereocenters. The van der Waals surface area contributed by atoms with Crippen LogP contribution in [0.1, 0.15) is 72.5 Å². The van der Waals surface area contributed by atoms with E-state index in [1.165, 1.54) is 12.3 Å². The molecule has 9 heteroatoms. The summed E-state index contributed by atoms with van der Waals surface area (Å²) in [4.78, 5) is 38.3. The molecule has 0 aliphatic rings. The van der Waals surface area contributed by atoms with E-state index in [2.05, 4.69) is 25.4 Å². The van der Waals surface area contributed by atoms with Gasteiger partial charge >= 0.3 is 0 Å². The first-order valence-electron chi connectivity index (χ1n) is 10.9. The number of rotatable bonds is 6. The van der Waals surface area contributed by atoms with Crippen molar-refractivity contribution in [3.05, 3.63) is 71.6 Å². The van der Waals surface area contributed by atoms with Crippen LogP contribution in [0, 0.1) is 0 Å². The van der Waals surface area contributed by atoms with Gasteiger partial charge in [0.25, 0.3) is 5.91 Å². The van der Waals surface area contributed by atoms with Crippen LogP contribution in [-0.4, -0.2) is 31.8 Å². The molecule has 34 heavy (non-hydrogen) atoms. The second kappa shape index (κ2) is 9.01. The van der Waals surface area contributed by atoms with Crippen LogP contribution in [-0.2, 0) is 5.41 Å². The molecule has 174 valence electrons. The minimum atomic E-state index is -0.505. The number of aromatic nitrogens is 4. The molecule has 0 saturated carbocycles. The van der Waals surface area contributed by atoms with Gasteiger partial charge in [0, 0.05) is 41.0 Å². The molecule has 0 bridgehead atoms. The minimum absolute atomic E-state index is 0.0375. The number of carbonyl (C=O) groups is 2. The van der Waals surface area contributed by atoms with Crippen molar-refractivity contribution >= 4 is 34.1 Å². The van der Waals surface area contributed by atoms with Gasteiger partial charge in [0.2, 0.25) is 0 Å². The fourth-order valence-electron chi connectivity index (χ4n) is 3.41. The number of nitrogens with two attached hydrogens (primary N) is 1. The highest BCUT2D eigenvalue weighted by atomic mass is 16.5. The molecule has 0 radical (unpaired) electrons. The molecule has 0 aliphatic carbocycles. The quantitative estimate of drug-likeness (QED) is 0.402. The molecule has 0 aliphatic heterocycles. The number of Topliss-reactive ketones (excluding diaryl/α,β-unsaturated/α-hetero) is 1. The van der Waals surface area contributed by atoms with Gasteiger partial charge in [-0.05, 0) is 24.3 Å². The zero-order chi connectivity index (χ0) is 24.5. The number of hydrogen-bond acceptors (Lipinski definition) is 8. The van der Waals surface area contributed by atoms with Crippen molar-refractivity contribution < 1.29 is 14.1 Å². The van der Waals surface area contributed by atoms with E-state index in [1.807, 2.05) is 52.0 Å². The average molecular weight is 459 g/mol. The van der Waals surface area contributed by atoms with Crippen LogP contribution in [0.25, 0.3) is 10.9 Å². The minimum Gasteiger partial charge on any atom is -0.382 e. The van der Waals surface area contributed by atoms with Gasteiger partial charge in [0.15, 0.2) is 17.3 Å². The van der Waals surface area contributed by atoms with E-state index in [4.69, 9.17) is 10.3 Å². The first-order chi connectivity index (χ1) is 16.1. The summed E-state index contributed by atoms with van der Waals surface area (Å²) in [6.07, 6.45) is 3.39. The summed E-state index contributed by atoms with van der Waals surface area (Å²) < 4.78 is 5.35. The van der Waals surface area contributed by atoms with Crippen LogP contribution in [0.5, 0.6) is 0 Å². The highest BCUT2D eigenvalue weighted by Gasteiger charge is 2.22. The second-order valence-corrected chi connectivity index (χ2v) is 9.25. The third kappa shape index (κ3) is 4.93. The molecule has 0 unspecified atom stereocenters. The summed E-state index contributed by atoms with van der Waals surface area (Å²) in [5.41, 5.74) is 7.51. The largest absolute Gasteiger partial charge is 0.382 e. The second-order valence-electron chi connectivity index (χ2n) is 9.25. The van der Waals surface area contributed by atoms with E-state index < -0.39 is 5.91 Å². The van der Waals surface area contributed by atoms with Gasteiger partial charge in [-0.15, -0.1) is 0 Å². The summed E-state index contributed by atoms with van der Waals surface area (Å²) in [6, 6.07) is 10.7. The van der Waals surface area contributed by atoms with Crippen LogP contribution in [0.15, 0.2) is 53.3 Å². The monoisotopic (exact) mass is 458 g/mol. The van der Waals surface area contributed by atoms with Gasteiger partial charge < -0.3 is 15.6 Å². The maximum Gasteiger partial charge on any atom is 0.277 e. The standard InChI is InChI=1S/C25H26N6O3/c1-14(10-20(32)16-7-8-17-15(11-16)6-5-9-27-17)21-12-18(31-34-21)23(33)29-19-13-28-24(25(2,3)4)30-22(19)26/h5-9,11-14H,10H2,1-4H3,(H,29,33)(H2,26,28,30)/t14-/m0/s1. The lowest BCUT2D eigenvalue weighted by Crippen LogP contribution is -2.19. The number of nitrogens with one attached hydrogen (secondary N) is 1.